The van der Waals surface area contributed by atoms with E-state index in [9.17, 15) is 5.11 Å². The largest absolute Gasteiger partial charge is 0.388 e. The summed E-state index contributed by atoms with van der Waals surface area (Å²) in [6.45, 7) is 6.07. The number of aliphatic hydroxyl groups excluding tert-OH is 1. The van der Waals surface area contributed by atoms with Gasteiger partial charge in [0.1, 0.15) is 0 Å². The van der Waals surface area contributed by atoms with Crippen molar-refractivity contribution in [3.05, 3.63) is 54.5 Å². The van der Waals surface area contributed by atoms with Crippen molar-refractivity contribution in [2.24, 2.45) is 5.92 Å². The van der Waals surface area contributed by atoms with E-state index in [2.05, 4.69) is 50.3 Å². The van der Waals surface area contributed by atoms with Crippen molar-refractivity contribution < 1.29 is 37.8 Å². The molecule has 143 valence electrons. The van der Waals surface area contributed by atoms with Crippen LogP contribution in [0, 0.1) is 12.8 Å². The molecule has 0 aromatic heterocycles. The summed E-state index contributed by atoms with van der Waals surface area (Å²) in [6.07, 6.45) is 14.0. The van der Waals surface area contributed by atoms with Gasteiger partial charge >= 0.3 is 0 Å². The minimum Gasteiger partial charge on any atom is -0.388 e. The topological polar surface area (TPSA) is 20.2 Å². The van der Waals surface area contributed by atoms with Gasteiger partial charge in [-0.1, -0.05) is 69.0 Å². The summed E-state index contributed by atoms with van der Waals surface area (Å²) < 4.78 is 0. The molecule has 1 radical (unpaired) electrons. The number of rotatable bonds is 10. The first-order valence-electron chi connectivity index (χ1n) is 10.0. The van der Waals surface area contributed by atoms with Crippen LogP contribution in [0.15, 0.2) is 36.4 Å². The zero-order valence-corrected chi connectivity index (χ0v) is 19.8. The molecule has 4 atom stereocenters. The fraction of sp³-hybridized carbons (Fsp3) is 0.609. The van der Waals surface area contributed by atoms with Gasteiger partial charge in [0, 0.05) is 44.0 Å². The van der Waals surface area contributed by atoms with E-state index in [1.54, 1.807) is 0 Å². The van der Waals surface area contributed by atoms with Crippen LogP contribution in [0.4, 0.5) is 0 Å². The van der Waals surface area contributed by atoms with Crippen LogP contribution in [0.3, 0.4) is 0 Å². The minimum absolute atomic E-state index is 0. The van der Waals surface area contributed by atoms with Crippen LogP contribution in [-0.2, 0) is 32.7 Å². The Hall–Kier alpha value is 0.314. The number of alkyl halides is 1. The van der Waals surface area contributed by atoms with Gasteiger partial charge in [-0.25, -0.2) is 0 Å². The number of halogens is 1. The maximum Gasteiger partial charge on any atom is 0.0790 e. The fourth-order valence-electron chi connectivity index (χ4n) is 3.97. The normalized spacial score (nSPS) is 23.9. The van der Waals surface area contributed by atoms with Crippen molar-refractivity contribution in [3.63, 3.8) is 0 Å². The number of aliphatic hydroxyl groups is 1. The molecule has 1 aromatic carbocycles. The third-order valence-electron chi connectivity index (χ3n) is 5.47. The Morgan fingerprint density at radius 3 is 2.58 bits per heavy atom. The molecule has 26 heavy (non-hydrogen) atoms. The summed E-state index contributed by atoms with van der Waals surface area (Å²) in [7, 11) is 0. The summed E-state index contributed by atoms with van der Waals surface area (Å²) in [5.41, 5.74) is 2.37. The molecule has 0 spiro atoms. The van der Waals surface area contributed by atoms with Crippen molar-refractivity contribution in [1.82, 2.24) is 0 Å². The number of hydrogen-bond donors (Lipinski definition) is 1. The minimum atomic E-state index is -0.336. The number of allylic oxidation sites excluding steroid dienone is 2. The predicted octanol–water partition coefficient (Wildman–Crippen LogP) is 6.96. The second-order valence-electron chi connectivity index (χ2n) is 7.41. The average molecular weight is 451 g/mol. The van der Waals surface area contributed by atoms with E-state index >= 15 is 0 Å². The van der Waals surface area contributed by atoms with E-state index < -0.39 is 0 Å². The van der Waals surface area contributed by atoms with E-state index in [0.717, 1.165) is 44.1 Å². The Balaban J connectivity index is 0.00000338. The predicted molar refractivity (Wildman–Crippen MR) is 109 cm³/mol. The first-order valence-corrected chi connectivity index (χ1v) is 10.5. The molecule has 0 bridgehead atoms. The third-order valence-corrected chi connectivity index (χ3v) is 5.96. The summed E-state index contributed by atoms with van der Waals surface area (Å²) in [5, 5.41) is 10.6. The van der Waals surface area contributed by atoms with Crippen molar-refractivity contribution in [3.8, 4) is 0 Å². The molecular weight excluding hydrogens is 417 g/mol. The Kier molecular flexibility index (Phi) is 12.6. The van der Waals surface area contributed by atoms with Gasteiger partial charge in [0.05, 0.1) is 6.10 Å². The van der Waals surface area contributed by atoms with Crippen molar-refractivity contribution in [1.29, 1.82) is 0 Å². The van der Waals surface area contributed by atoms with Gasteiger partial charge in [0.25, 0.3) is 0 Å². The molecule has 0 amide bonds. The van der Waals surface area contributed by atoms with Gasteiger partial charge in [0.15, 0.2) is 0 Å². The van der Waals surface area contributed by atoms with Gasteiger partial charge in [-0.2, -0.15) is 6.42 Å². The van der Waals surface area contributed by atoms with Crippen LogP contribution < -0.4 is 0 Å². The van der Waals surface area contributed by atoms with E-state index in [4.69, 9.17) is 11.6 Å². The molecule has 1 nitrogen and oxygen atoms in total. The van der Waals surface area contributed by atoms with Gasteiger partial charge in [0.2, 0.25) is 0 Å². The molecule has 0 aliphatic heterocycles. The Labute approximate surface area is 190 Å². The smallest absolute Gasteiger partial charge is 0.0790 e. The molecule has 0 saturated heterocycles. The zero-order chi connectivity index (χ0) is 18.1. The molecule has 1 unspecified atom stereocenters. The van der Waals surface area contributed by atoms with E-state index in [1.165, 1.54) is 24.8 Å². The summed E-state index contributed by atoms with van der Waals surface area (Å²) in [4.78, 5) is 0. The zero-order valence-electron chi connectivity index (χ0n) is 16.2. The Bertz CT molecular complexity index is 513. The number of unbranched alkanes of at least 4 members (excludes halogenated alkanes) is 3. The van der Waals surface area contributed by atoms with Crippen molar-refractivity contribution in [2.75, 3.05) is 0 Å². The molecule has 1 aromatic rings. The second kappa shape index (κ2) is 13.5. The average Bonchev–Trinajstić information content (AvgIpc) is 2.99. The molecule has 0 heterocycles. The van der Waals surface area contributed by atoms with Crippen LogP contribution in [0.1, 0.15) is 87.9 Å². The second-order valence-corrected chi connectivity index (χ2v) is 7.97. The van der Waals surface area contributed by atoms with Crippen LogP contribution >= 0.6 is 11.6 Å². The molecule has 1 fully saturated rings. The van der Waals surface area contributed by atoms with E-state index in [-0.39, 0.29) is 44.2 Å². The third kappa shape index (κ3) is 7.38. The first-order chi connectivity index (χ1) is 12.2. The molecule has 1 aliphatic carbocycles. The van der Waals surface area contributed by atoms with E-state index in [1.807, 2.05) is 0 Å². The maximum absolute atomic E-state index is 10.3. The van der Waals surface area contributed by atoms with Crippen LogP contribution in [-0.4, -0.2) is 10.5 Å². The fourth-order valence-corrected chi connectivity index (χ4v) is 4.45. The Morgan fingerprint density at radius 1 is 1.19 bits per heavy atom. The molecule has 1 aliphatic rings. The van der Waals surface area contributed by atoms with Crippen LogP contribution in [0.25, 0.3) is 0 Å². The monoisotopic (exact) mass is 450 g/mol. The molecule has 3 heteroatoms. The SMILES string of the molecule is [CH2-]CC/C=C\C[C@H]1CC[C@H](Cl)[C@@H]1c1ccc(C(O)CCCCC)cc1.[Y]. The number of hydrogen-bond acceptors (Lipinski definition) is 1. The van der Waals surface area contributed by atoms with Crippen molar-refractivity contribution >= 4 is 11.6 Å². The van der Waals surface area contributed by atoms with Gasteiger partial charge < -0.3 is 12.0 Å². The maximum atomic E-state index is 10.3. The van der Waals surface area contributed by atoms with Gasteiger partial charge in [-0.15, -0.1) is 11.6 Å². The quantitative estimate of drug-likeness (QED) is 0.177. The van der Waals surface area contributed by atoms with E-state index in [0.29, 0.717) is 11.8 Å². The molecule has 1 saturated carbocycles. The Morgan fingerprint density at radius 2 is 1.92 bits per heavy atom. The first kappa shape index (κ1) is 24.4. The molecule has 1 N–H and O–H groups in total. The van der Waals surface area contributed by atoms with Crippen molar-refractivity contribution in [2.45, 2.75) is 82.1 Å². The van der Waals surface area contributed by atoms with Crippen LogP contribution in [0.2, 0.25) is 0 Å². The summed E-state index contributed by atoms with van der Waals surface area (Å²) >= 11 is 6.65. The summed E-state index contributed by atoms with van der Waals surface area (Å²) in [5.74, 6) is 1.06. The summed E-state index contributed by atoms with van der Waals surface area (Å²) in [6, 6.07) is 8.58. The molecule has 2 rings (SSSR count). The van der Waals surface area contributed by atoms with Gasteiger partial charge in [-0.05, 0) is 42.7 Å². The molecular formula is C23H34ClOY-. The number of benzene rings is 1. The standard InChI is InChI=1S/C23H34ClO.Y/c1-3-5-7-9-10-19-16-17-21(24)23(19)20-14-12-18(13-15-20)22(25)11-8-6-4-2;/h7,9,12-15,19,21-23,25H,1,3-6,8,10-11,16-17H2,2H3;/q-1;/b9-7-;/t19-,21-,22?,23-;/m0./s1. The van der Waals surface area contributed by atoms with Gasteiger partial charge in [-0.3, -0.25) is 0 Å². The van der Waals surface area contributed by atoms with Crippen LogP contribution in [0.5, 0.6) is 0 Å².